The molecule has 0 atom stereocenters. The van der Waals surface area contributed by atoms with Gasteiger partial charge in [-0.2, -0.15) is 9.98 Å². The highest BCUT2D eigenvalue weighted by atomic mass is 14.8. The van der Waals surface area contributed by atoms with Crippen molar-refractivity contribution in [1.82, 2.24) is 9.97 Å². The molecule has 0 aliphatic rings. The van der Waals surface area contributed by atoms with E-state index in [1.165, 1.54) is 0 Å². The Morgan fingerprint density at radius 3 is 2.35 bits per heavy atom. The molecule has 4 heteroatoms. The minimum Gasteiger partial charge on any atom is -0.265 e. The lowest BCUT2D eigenvalue weighted by atomic mass is 10.2. The van der Waals surface area contributed by atoms with E-state index < -0.39 is 0 Å². The third kappa shape index (κ3) is 4.21. The SMILES string of the molecule is C(=Nc1ccncc1)=Nc1ccncc1C#Cc1ccccc1. The van der Waals surface area contributed by atoms with Crippen LogP contribution >= 0.6 is 0 Å². The lowest BCUT2D eigenvalue weighted by Crippen LogP contribution is -1.79. The molecule has 0 saturated carbocycles. The molecule has 0 radical (unpaired) electrons. The molecule has 0 saturated heterocycles. The molecule has 0 aliphatic heterocycles. The van der Waals surface area contributed by atoms with E-state index in [9.17, 15) is 0 Å². The maximum absolute atomic E-state index is 4.23. The van der Waals surface area contributed by atoms with Crippen LogP contribution in [0.25, 0.3) is 0 Å². The average Bonchev–Trinajstić information content (AvgIpc) is 2.63. The molecular formula is C19H12N4. The summed E-state index contributed by atoms with van der Waals surface area (Å²) >= 11 is 0. The standard InChI is InChI=1S/C19H12N4/c1-2-4-16(5-3-1)6-7-17-14-21-13-10-19(17)23-15-22-18-8-11-20-12-9-18/h1-5,8-14H. The Morgan fingerprint density at radius 1 is 0.739 bits per heavy atom. The quantitative estimate of drug-likeness (QED) is 0.530. The van der Waals surface area contributed by atoms with Crippen molar-refractivity contribution in [3.63, 3.8) is 0 Å². The Hall–Kier alpha value is -3.54. The predicted molar refractivity (Wildman–Crippen MR) is 90.1 cm³/mol. The summed E-state index contributed by atoms with van der Waals surface area (Å²) in [6.45, 7) is 0. The molecule has 0 spiro atoms. The van der Waals surface area contributed by atoms with E-state index in [1.54, 1.807) is 43.0 Å². The Kier molecular flexibility index (Phi) is 4.67. The fourth-order valence-electron chi connectivity index (χ4n) is 1.80. The van der Waals surface area contributed by atoms with Crippen molar-refractivity contribution in [2.24, 2.45) is 9.98 Å². The number of hydrogen-bond acceptors (Lipinski definition) is 4. The summed E-state index contributed by atoms with van der Waals surface area (Å²) in [5.41, 5.74) is 3.10. The summed E-state index contributed by atoms with van der Waals surface area (Å²) in [4.78, 5) is 16.4. The van der Waals surface area contributed by atoms with Crippen LogP contribution in [0.3, 0.4) is 0 Å². The van der Waals surface area contributed by atoms with E-state index in [-0.39, 0.29) is 0 Å². The van der Waals surface area contributed by atoms with Gasteiger partial charge in [0.05, 0.1) is 16.9 Å². The molecule has 0 amide bonds. The van der Waals surface area contributed by atoms with Crippen molar-refractivity contribution >= 4 is 17.4 Å². The topological polar surface area (TPSA) is 50.5 Å². The van der Waals surface area contributed by atoms with E-state index in [0.29, 0.717) is 5.69 Å². The van der Waals surface area contributed by atoms with Crippen LogP contribution in [0, 0.1) is 11.8 Å². The number of rotatable bonds is 2. The molecule has 0 aliphatic carbocycles. The predicted octanol–water partition coefficient (Wildman–Crippen LogP) is 4.01. The van der Waals surface area contributed by atoms with E-state index >= 15 is 0 Å². The monoisotopic (exact) mass is 296 g/mol. The first-order chi connectivity index (χ1) is 11.4. The van der Waals surface area contributed by atoms with Crippen molar-refractivity contribution in [2.75, 3.05) is 0 Å². The molecule has 2 aromatic heterocycles. The van der Waals surface area contributed by atoms with Gasteiger partial charge in [-0.15, -0.1) is 0 Å². The Bertz CT molecular complexity index is 900. The van der Waals surface area contributed by atoms with Crippen molar-refractivity contribution in [1.29, 1.82) is 0 Å². The van der Waals surface area contributed by atoms with Crippen LogP contribution in [0.4, 0.5) is 11.4 Å². The molecular weight excluding hydrogens is 284 g/mol. The average molecular weight is 296 g/mol. The van der Waals surface area contributed by atoms with Crippen LogP contribution in [0.5, 0.6) is 0 Å². The highest BCUT2D eigenvalue weighted by molar-refractivity contribution is 5.62. The van der Waals surface area contributed by atoms with Crippen molar-refractivity contribution in [3.05, 3.63) is 84.4 Å². The second-order valence-corrected chi connectivity index (χ2v) is 4.54. The molecule has 0 bridgehead atoms. The number of pyridine rings is 2. The number of benzene rings is 1. The van der Waals surface area contributed by atoms with Gasteiger partial charge in [0, 0.05) is 30.4 Å². The van der Waals surface area contributed by atoms with Gasteiger partial charge in [-0.3, -0.25) is 9.97 Å². The zero-order valence-corrected chi connectivity index (χ0v) is 12.2. The van der Waals surface area contributed by atoms with E-state index in [4.69, 9.17) is 0 Å². The molecule has 108 valence electrons. The van der Waals surface area contributed by atoms with Crippen molar-refractivity contribution in [2.45, 2.75) is 0 Å². The minimum atomic E-state index is 0.682. The fraction of sp³-hybridized carbons (Fsp3) is 0. The summed E-state index contributed by atoms with van der Waals surface area (Å²) in [6, 6.07) is 17.8. The second-order valence-electron chi connectivity index (χ2n) is 4.54. The van der Waals surface area contributed by atoms with Gasteiger partial charge < -0.3 is 0 Å². The zero-order valence-electron chi connectivity index (χ0n) is 12.2. The van der Waals surface area contributed by atoms with E-state index in [0.717, 1.165) is 16.8 Å². The van der Waals surface area contributed by atoms with Gasteiger partial charge in [0.2, 0.25) is 0 Å². The normalized spacial score (nSPS) is 9.22. The van der Waals surface area contributed by atoms with Crippen LogP contribution in [-0.2, 0) is 0 Å². The van der Waals surface area contributed by atoms with Crippen LogP contribution in [0.2, 0.25) is 0 Å². The number of aromatic nitrogens is 2. The van der Waals surface area contributed by atoms with E-state index in [1.807, 2.05) is 30.3 Å². The number of nitrogens with zero attached hydrogens (tertiary/aromatic N) is 4. The van der Waals surface area contributed by atoms with Gasteiger partial charge in [0.1, 0.15) is 6.01 Å². The van der Waals surface area contributed by atoms with Crippen LogP contribution in [0.1, 0.15) is 11.1 Å². The Morgan fingerprint density at radius 2 is 1.52 bits per heavy atom. The molecule has 2 heterocycles. The molecule has 0 fully saturated rings. The van der Waals surface area contributed by atoms with Crippen LogP contribution < -0.4 is 0 Å². The smallest absolute Gasteiger partial charge is 0.101 e. The third-order valence-electron chi connectivity index (χ3n) is 2.93. The number of aliphatic imine (C=N–C) groups is 2. The van der Waals surface area contributed by atoms with Crippen molar-refractivity contribution < 1.29 is 0 Å². The summed E-state index contributed by atoms with van der Waals surface area (Å²) in [5, 5.41) is 0. The summed E-state index contributed by atoms with van der Waals surface area (Å²) in [5.74, 6) is 6.17. The van der Waals surface area contributed by atoms with Gasteiger partial charge in [0.25, 0.3) is 0 Å². The zero-order chi connectivity index (χ0) is 15.7. The van der Waals surface area contributed by atoms with E-state index in [2.05, 4.69) is 37.8 Å². The molecule has 23 heavy (non-hydrogen) atoms. The van der Waals surface area contributed by atoms with Gasteiger partial charge in [-0.05, 0) is 30.3 Å². The molecule has 0 N–H and O–H groups in total. The first-order valence-electron chi connectivity index (χ1n) is 6.99. The Labute approximate surface area is 134 Å². The van der Waals surface area contributed by atoms with Gasteiger partial charge >= 0.3 is 0 Å². The highest BCUT2D eigenvalue weighted by Gasteiger charge is 1.96. The maximum Gasteiger partial charge on any atom is 0.101 e. The van der Waals surface area contributed by atoms with Crippen LogP contribution in [-0.4, -0.2) is 16.0 Å². The minimum absolute atomic E-state index is 0.682. The molecule has 3 rings (SSSR count). The molecule has 0 unspecified atom stereocenters. The maximum atomic E-state index is 4.23. The lowest BCUT2D eigenvalue weighted by Gasteiger charge is -1.94. The molecule has 4 nitrogen and oxygen atoms in total. The van der Waals surface area contributed by atoms with Crippen molar-refractivity contribution in [3.8, 4) is 11.8 Å². The van der Waals surface area contributed by atoms with Gasteiger partial charge in [-0.1, -0.05) is 30.0 Å². The van der Waals surface area contributed by atoms with Gasteiger partial charge in [0.15, 0.2) is 0 Å². The summed E-state index contributed by atoms with van der Waals surface area (Å²) in [7, 11) is 0. The highest BCUT2D eigenvalue weighted by Crippen LogP contribution is 2.16. The van der Waals surface area contributed by atoms with Gasteiger partial charge in [-0.25, -0.2) is 0 Å². The summed E-state index contributed by atoms with van der Waals surface area (Å²) in [6.07, 6.45) is 6.69. The Balaban J connectivity index is 1.87. The summed E-state index contributed by atoms with van der Waals surface area (Å²) < 4.78 is 0. The molecule has 3 aromatic rings. The number of hydrogen-bond donors (Lipinski definition) is 0. The first kappa shape index (κ1) is 14.4. The lowest BCUT2D eigenvalue weighted by molar-refractivity contribution is 1.29. The molecule has 1 aromatic carbocycles. The third-order valence-corrected chi connectivity index (χ3v) is 2.93. The largest absolute Gasteiger partial charge is 0.265 e. The second kappa shape index (κ2) is 7.46. The first-order valence-corrected chi connectivity index (χ1v) is 6.99. The fourth-order valence-corrected chi connectivity index (χ4v) is 1.80. The van der Waals surface area contributed by atoms with Crippen LogP contribution in [0.15, 0.2) is 83.3 Å².